The molecule has 4 nitrogen and oxygen atoms in total. The van der Waals surface area contributed by atoms with Crippen LogP contribution in [0, 0.1) is 11.3 Å². The number of anilines is 1. The summed E-state index contributed by atoms with van der Waals surface area (Å²) in [5.41, 5.74) is 4.75. The van der Waals surface area contributed by atoms with Crippen LogP contribution in [0.5, 0.6) is 0 Å². The first-order chi connectivity index (χ1) is 9.20. The molecule has 2 heterocycles. The Balaban J connectivity index is 2.50. The smallest absolute Gasteiger partial charge is 0.384 e. The van der Waals surface area contributed by atoms with Crippen molar-refractivity contribution in [1.29, 1.82) is 5.41 Å². The number of aromatic nitrogens is 1. The third-order valence-electron chi connectivity index (χ3n) is 3.51. The zero-order valence-electron chi connectivity index (χ0n) is 11.3. The van der Waals surface area contributed by atoms with E-state index in [0.29, 0.717) is 12.5 Å². The molecule has 0 spiro atoms. The molecule has 2 atom stereocenters. The first kappa shape index (κ1) is 14.6. The number of pyridine rings is 1. The highest BCUT2D eigenvalue weighted by atomic mass is 19.4. The van der Waals surface area contributed by atoms with Crippen molar-refractivity contribution in [3.63, 3.8) is 0 Å². The largest absolute Gasteiger partial charge is 0.433 e. The second-order valence-electron chi connectivity index (χ2n) is 5.32. The van der Waals surface area contributed by atoms with Gasteiger partial charge in [0.05, 0.1) is 5.56 Å². The Labute approximate surface area is 115 Å². The van der Waals surface area contributed by atoms with Gasteiger partial charge in [0, 0.05) is 12.6 Å². The average Bonchev–Trinajstić information content (AvgIpc) is 2.66. The van der Waals surface area contributed by atoms with E-state index in [0.717, 1.165) is 12.5 Å². The van der Waals surface area contributed by atoms with Gasteiger partial charge in [0.25, 0.3) is 0 Å². The zero-order chi connectivity index (χ0) is 15.1. The van der Waals surface area contributed by atoms with Gasteiger partial charge in [0.15, 0.2) is 0 Å². The van der Waals surface area contributed by atoms with Crippen LogP contribution in [0.15, 0.2) is 12.1 Å². The van der Waals surface area contributed by atoms with Crippen molar-refractivity contribution in [2.75, 3.05) is 11.4 Å². The Morgan fingerprint density at radius 2 is 2.05 bits per heavy atom. The third-order valence-corrected chi connectivity index (χ3v) is 3.51. The fourth-order valence-corrected chi connectivity index (χ4v) is 2.63. The van der Waals surface area contributed by atoms with Gasteiger partial charge in [0.2, 0.25) is 0 Å². The molecule has 7 heteroatoms. The molecule has 110 valence electrons. The highest BCUT2D eigenvalue weighted by Gasteiger charge is 2.35. The van der Waals surface area contributed by atoms with E-state index in [9.17, 15) is 13.2 Å². The molecule has 2 rings (SSSR count). The number of hydrogen-bond acceptors (Lipinski definition) is 3. The molecule has 1 aromatic heterocycles. The molecule has 2 unspecified atom stereocenters. The average molecular weight is 286 g/mol. The van der Waals surface area contributed by atoms with Crippen molar-refractivity contribution in [1.82, 2.24) is 4.98 Å². The Bertz CT molecular complexity index is 527. The van der Waals surface area contributed by atoms with Gasteiger partial charge in [-0.1, -0.05) is 6.92 Å². The number of rotatable bonds is 2. The number of nitrogens with zero attached hydrogens (tertiary/aromatic N) is 2. The first-order valence-corrected chi connectivity index (χ1v) is 6.39. The van der Waals surface area contributed by atoms with Gasteiger partial charge in [-0.3, -0.25) is 5.41 Å². The summed E-state index contributed by atoms with van der Waals surface area (Å²) in [5, 5.41) is 7.51. The van der Waals surface area contributed by atoms with Crippen molar-refractivity contribution in [2.24, 2.45) is 11.7 Å². The SMILES string of the molecule is CC1CC(C)N(c2nc(C(F)(F)F)ccc2C(=N)N)C1. The number of hydrogen-bond donors (Lipinski definition) is 2. The molecule has 0 radical (unpaired) electrons. The minimum absolute atomic E-state index is 0.0825. The van der Waals surface area contributed by atoms with E-state index in [4.69, 9.17) is 11.1 Å². The van der Waals surface area contributed by atoms with Crippen LogP contribution in [-0.4, -0.2) is 23.4 Å². The number of nitrogens with two attached hydrogens (primary N) is 1. The van der Waals surface area contributed by atoms with E-state index in [-0.39, 0.29) is 23.3 Å². The molecule has 1 saturated heterocycles. The first-order valence-electron chi connectivity index (χ1n) is 6.39. The molecule has 1 aromatic rings. The second-order valence-corrected chi connectivity index (χ2v) is 5.32. The number of halogens is 3. The van der Waals surface area contributed by atoms with Gasteiger partial charge < -0.3 is 10.6 Å². The summed E-state index contributed by atoms with van der Waals surface area (Å²) < 4.78 is 38.4. The summed E-state index contributed by atoms with van der Waals surface area (Å²) >= 11 is 0. The molecule has 0 bridgehead atoms. The number of nitrogen functional groups attached to an aromatic ring is 1. The van der Waals surface area contributed by atoms with Crippen LogP contribution >= 0.6 is 0 Å². The molecule has 1 aliphatic heterocycles. The monoisotopic (exact) mass is 286 g/mol. The Hall–Kier alpha value is -1.79. The maximum absolute atomic E-state index is 12.8. The Morgan fingerprint density at radius 1 is 1.40 bits per heavy atom. The van der Waals surface area contributed by atoms with Crippen molar-refractivity contribution < 1.29 is 13.2 Å². The lowest BCUT2D eigenvalue weighted by Crippen LogP contribution is -2.31. The second kappa shape index (κ2) is 4.96. The minimum Gasteiger partial charge on any atom is -0.384 e. The molecule has 20 heavy (non-hydrogen) atoms. The van der Waals surface area contributed by atoms with Gasteiger partial charge in [-0.25, -0.2) is 4.98 Å². The van der Waals surface area contributed by atoms with Crippen molar-refractivity contribution >= 4 is 11.7 Å². The van der Waals surface area contributed by atoms with E-state index in [1.807, 2.05) is 13.8 Å². The van der Waals surface area contributed by atoms with Crippen LogP contribution in [0.2, 0.25) is 0 Å². The molecule has 0 saturated carbocycles. The summed E-state index contributed by atoms with van der Waals surface area (Å²) in [6, 6.07) is 2.17. The zero-order valence-corrected chi connectivity index (χ0v) is 11.3. The van der Waals surface area contributed by atoms with Crippen LogP contribution in [0.1, 0.15) is 31.5 Å². The summed E-state index contributed by atoms with van der Waals surface area (Å²) in [6.07, 6.45) is -3.62. The molecular formula is C13H17F3N4. The number of alkyl halides is 3. The summed E-state index contributed by atoms with van der Waals surface area (Å²) in [6.45, 7) is 4.60. The number of nitrogens with one attached hydrogen (secondary N) is 1. The van der Waals surface area contributed by atoms with Crippen LogP contribution in [0.25, 0.3) is 0 Å². The van der Waals surface area contributed by atoms with E-state index in [2.05, 4.69) is 4.98 Å². The van der Waals surface area contributed by atoms with Gasteiger partial charge in [-0.2, -0.15) is 13.2 Å². The van der Waals surface area contributed by atoms with Crippen molar-refractivity contribution in [3.8, 4) is 0 Å². The van der Waals surface area contributed by atoms with Crippen molar-refractivity contribution in [2.45, 2.75) is 32.5 Å². The van der Waals surface area contributed by atoms with Gasteiger partial charge in [-0.15, -0.1) is 0 Å². The topological polar surface area (TPSA) is 66.0 Å². The normalized spacial score (nSPS) is 23.1. The molecule has 3 N–H and O–H groups in total. The standard InChI is InChI=1S/C13H17F3N4/c1-7-5-8(2)20(6-7)12-9(11(17)18)3-4-10(19-12)13(14,15)16/h3-4,7-8H,5-6H2,1-2H3,(H3,17,18). The lowest BCUT2D eigenvalue weighted by Gasteiger charge is -2.25. The van der Waals surface area contributed by atoms with Gasteiger partial charge in [-0.05, 0) is 31.4 Å². The summed E-state index contributed by atoms with van der Waals surface area (Å²) in [4.78, 5) is 5.51. The predicted molar refractivity (Wildman–Crippen MR) is 70.8 cm³/mol. The van der Waals surface area contributed by atoms with Gasteiger partial charge in [0.1, 0.15) is 17.3 Å². The molecule has 1 fully saturated rings. The Kier molecular flexibility index (Phi) is 3.62. The van der Waals surface area contributed by atoms with Crippen molar-refractivity contribution in [3.05, 3.63) is 23.4 Å². The summed E-state index contributed by atoms with van der Waals surface area (Å²) in [5.74, 6) is 0.262. The molecule has 0 amide bonds. The van der Waals surface area contributed by atoms with Crippen LogP contribution in [0.4, 0.5) is 19.0 Å². The van der Waals surface area contributed by atoms with E-state index < -0.39 is 11.9 Å². The predicted octanol–water partition coefficient (Wildman–Crippen LogP) is 2.62. The lowest BCUT2D eigenvalue weighted by molar-refractivity contribution is -0.141. The highest BCUT2D eigenvalue weighted by Crippen LogP contribution is 2.34. The highest BCUT2D eigenvalue weighted by molar-refractivity contribution is 5.99. The fourth-order valence-electron chi connectivity index (χ4n) is 2.63. The minimum atomic E-state index is -4.50. The van der Waals surface area contributed by atoms with E-state index in [1.54, 1.807) is 4.90 Å². The molecule has 1 aliphatic rings. The lowest BCUT2D eigenvalue weighted by atomic mass is 10.1. The molecule has 0 aromatic carbocycles. The quantitative estimate of drug-likeness (QED) is 0.649. The molecule has 0 aliphatic carbocycles. The van der Waals surface area contributed by atoms with Crippen LogP contribution in [-0.2, 0) is 6.18 Å². The molecular weight excluding hydrogens is 269 g/mol. The Morgan fingerprint density at radius 3 is 2.50 bits per heavy atom. The van der Waals surface area contributed by atoms with E-state index >= 15 is 0 Å². The number of amidine groups is 1. The summed E-state index contributed by atoms with van der Waals surface area (Å²) in [7, 11) is 0. The third kappa shape index (κ3) is 2.71. The van der Waals surface area contributed by atoms with Crippen LogP contribution < -0.4 is 10.6 Å². The fraction of sp³-hybridized carbons (Fsp3) is 0.538. The van der Waals surface area contributed by atoms with Gasteiger partial charge >= 0.3 is 6.18 Å². The van der Waals surface area contributed by atoms with Crippen LogP contribution in [0.3, 0.4) is 0 Å². The maximum atomic E-state index is 12.8. The maximum Gasteiger partial charge on any atom is 0.433 e. The van der Waals surface area contributed by atoms with E-state index in [1.165, 1.54) is 6.07 Å².